The molecule has 1 atom stereocenters. The van der Waals surface area contributed by atoms with Crippen molar-refractivity contribution in [3.8, 4) is 0 Å². The van der Waals surface area contributed by atoms with Crippen LogP contribution in [0.2, 0.25) is 0 Å². The second-order valence-electron chi connectivity index (χ2n) is 5.07. The molecule has 6 nitrogen and oxygen atoms in total. The summed E-state index contributed by atoms with van der Waals surface area (Å²) in [5.41, 5.74) is 0.818. The Balaban J connectivity index is 2.26. The molecular formula is C13H20N4O2. The smallest absolute Gasteiger partial charge is 0.314 e. The van der Waals surface area contributed by atoms with E-state index < -0.39 is 0 Å². The lowest BCUT2D eigenvalue weighted by molar-refractivity contribution is -0.384. The number of aryl methyl sites for hydroxylation is 1. The van der Waals surface area contributed by atoms with Crippen LogP contribution in [-0.2, 0) is 0 Å². The van der Waals surface area contributed by atoms with Crippen LogP contribution < -0.4 is 10.2 Å². The third-order valence-corrected chi connectivity index (χ3v) is 3.60. The van der Waals surface area contributed by atoms with E-state index >= 15 is 0 Å². The zero-order valence-corrected chi connectivity index (χ0v) is 11.4. The minimum atomic E-state index is -0.320. The summed E-state index contributed by atoms with van der Waals surface area (Å²) in [6.07, 6.45) is 3.87. The van der Waals surface area contributed by atoms with Crippen LogP contribution in [0.25, 0.3) is 0 Å². The van der Waals surface area contributed by atoms with Crippen molar-refractivity contribution in [1.29, 1.82) is 0 Å². The molecule has 6 heteroatoms. The van der Waals surface area contributed by atoms with Crippen LogP contribution >= 0.6 is 0 Å². The summed E-state index contributed by atoms with van der Waals surface area (Å²) in [5, 5.41) is 14.4. The third kappa shape index (κ3) is 3.01. The Morgan fingerprint density at radius 2 is 2.42 bits per heavy atom. The first kappa shape index (κ1) is 13.7. The number of hydrogen-bond acceptors (Lipinski definition) is 5. The molecule has 0 amide bonds. The van der Waals surface area contributed by atoms with Gasteiger partial charge in [0.1, 0.15) is 0 Å². The maximum Gasteiger partial charge on any atom is 0.314 e. The van der Waals surface area contributed by atoms with Crippen LogP contribution in [0.15, 0.2) is 12.3 Å². The van der Waals surface area contributed by atoms with E-state index in [2.05, 4.69) is 15.2 Å². The SMILES string of the molecule is CNCC1CCCN(c2nccc(C)c2[N+](=O)[O-])C1. The Bertz CT molecular complexity index is 462. The number of hydrogen-bond donors (Lipinski definition) is 1. The standard InChI is InChI=1S/C13H20N4O2/c1-10-5-6-15-13(12(10)17(18)19)16-7-3-4-11(9-16)8-14-2/h5-6,11,14H,3-4,7-9H2,1-2H3. The van der Waals surface area contributed by atoms with Crippen molar-refractivity contribution in [1.82, 2.24) is 10.3 Å². The first-order chi connectivity index (χ1) is 9.13. The minimum Gasteiger partial charge on any atom is -0.351 e. The average molecular weight is 264 g/mol. The van der Waals surface area contributed by atoms with E-state index in [4.69, 9.17) is 0 Å². The zero-order valence-electron chi connectivity index (χ0n) is 11.4. The Morgan fingerprint density at radius 1 is 1.63 bits per heavy atom. The fourth-order valence-corrected chi connectivity index (χ4v) is 2.71. The van der Waals surface area contributed by atoms with E-state index in [9.17, 15) is 10.1 Å². The van der Waals surface area contributed by atoms with E-state index in [1.165, 1.54) is 0 Å². The Labute approximate surface area is 113 Å². The maximum atomic E-state index is 11.2. The second kappa shape index (κ2) is 5.97. The molecule has 0 saturated carbocycles. The number of anilines is 1. The van der Waals surface area contributed by atoms with Crippen LogP contribution in [0.1, 0.15) is 18.4 Å². The molecule has 1 aliphatic rings. The van der Waals surface area contributed by atoms with Gasteiger partial charge in [0.2, 0.25) is 5.82 Å². The molecular weight excluding hydrogens is 244 g/mol. The molecule has 0 spiro atoms. The second-order valence-corrected chi connectivity index (χ2v) is 5.07. The molecule has 0 aromatic carbocycles. The summed E-state index contributed by atoms with van der Waals surface area (Å²) in [6.45, 7) is 4.38. The van der Waals surface area contributed by atoms with Gasteiger partial charge in [-0.05, 0) is 45.3 Å². The largest absolute Gasteiger partial charge is 0.351 e. The van der Waals surface area contributed by atoms with E-state index in [1.807, 2.05) is 7.05 Å². The predicted octanol–water partition coefficient (Wildman–Crippen LogP) is 1.73. The molecule has 104 valence electrons. The highest BCUT2D eigenvalue weighted by atomic mass is 16.6. The van der Waals surface area contributed by atoms with Crippen molar-refractivity contribution in [2.75, 3.05) is 31.6 Å². The molecule has 0 radical (unpaired) electrons. The van der Waals surface area contributed by atoms with Gasteiger partial charge in [-0.15, -0.1) is 0 Å². The van der Waals surface area contributed by atoms with Crippen molar-refractivity contribution in [3.63, 3.8) is 0 Å². The molecule has 0 aliphatic carbocycles. The van der Waals surface area contributed by atoms with E-state index in [0.29, 0.717) is 17.3 Å². The summed E-state index contributed by atoms with van der Waals surface area (Å²) < 4.78 is 0. The summed E-state index contributed by atoms with van der Waals surface area (Å²) in [4.78, 5) is 17.2. The summed E-state index contributed by atoms with van der Waals surface area (Å²) in [7, 11) is 1.94. The number of rotatable bonds is 4. The molecule has 1 aliphatic heterocycles. The van der Waals surface area contributed by atoms with Gasteiger partial charge < -0.3 is 10.2 Å². The molecule has 19 heavy (non-hydrogen) atoms. The van der Waals surface area contributed by atoms with Gasteiger partial charge >= 0.3 is 5.69 Å². The van der Waals surface area contributed by atoms with Gasteiger partial charge in [0.05, 0.1) is 4.92 Å². The van der Waals surface area contributed by atoms with Crippen molar-refractivity contribution < 1.29 is 4.92 Å². The summed E-state index contributed by atoms with van der Waals surface area (Å²) >= 11 is 0. The number of piperidine rings is 1. The zero-order chi connectivity index (χ0) is 13.8. The van der Waals surface area contributed by atoms with Crippen LogP contribution in [0.3, 0.4) is 0 Å². The highest BCUT2D eigenvalue weighted by molar-refractivity contribution is 5.61. The highest BCUT2D eigenvalue weighted by Crippen LogP contribution is 2.31. The first-order valence-electron chi connectivity index (χ1n) is 6.63. The van der Waals surface area contributed by atoms with Crippen LogP contribution in [-0.4, -0.2) is 36.6 Å². The van der Waals surface area contributed by atoms with E-state index in [-0.39, 0.29) is 10.6 Å². The normalized spacial score (nSPS) is 19.5. The molecule has 2 heterocycles. The third-order valence-electron chi connectivity index (χ3n) is 3.60. The van der Waals surface area contributed by atoms with Gasteiger partial charge in [0, 0.05) is 24.8 Å². The minimum absolute atomic E-state index is 0.146. The van der Waals surface area contributed by atoms with Gasteiger partial charge in [-0.2, -0.15) is 0 Å². The van der Waals surface area contributed by atoms with Crippen LogP contribution in [0.5, 0.6) is 0 Å². The lowest BCUT2D eigenvalue weighted by Gasteiger charge is -2.33. The van der Waals surface area contributed by atoms with Crippen molar-refractivity contribution in [3.05, 3.63) is 27.9 Å². The predicted molar refractivity (Wildman–Crippen MR) is 74.5 cm³/mol. The lowest BCUT2D eigenvalue weighted by atomic mass is 9.98. The molecule has 0 bridgehead atoms. The first-order valence-corrected chi connectivity index (χ1v) is 6.63. The van der Waals surface area contributed by atoms with Crippen LogP contribution in [0.4, 0.5) is 11.5 Å². The highest BCUT2D eigenvalue weighted by Gasteiger charge is 2.27. The van der Waals surface area contributed by atoms with E-state index in [1.54, 1.807) is 19.2 Å². The molecule has 1 aromatic rings. The summed E-state index contributed by atoms with van der Waals surface area (Å²) in [5.74, 6) is 1.05. The Hall–Kier alpha value is -1.69. The van der Waals surface area contributed by atoms with Gasteiger partial charge in [-0.1, -0.05) is 0 Å². The number of nitro groups is 1. The van der Waals surface area contributed by atoms with E-state index in [0.717, 1.165) is 32.5 Å². The average Bonchev–Trinajstić information content (AvgIpc) is 2.38. The maximum absolute atomic E-state index is 11.2. The number of aromatic nitrogens is 1. The van der Waals surface area contributed by atoms with Gasteiger partial charge in [0.25, 0.3) is 0 Å². The number of nitrogens with one attached hydrogen (secondary N) is 1. The molecule has 1 saturated heterocycles. The summed E-state index contributed by atoms with van der Waals surface area (Å²) in [6, 6.07) is 1.69. The van der Waals surface area contributed by atoms with Crippen LogP contribution in [0, 0.1) is 23.0 Å². The molecule has 1 fully saturated rings. The van der Waals surface area contributed by atoms with Gasteiger partial charge in [0.15, 0.2) is 0 Å². The molecule has 2 rings (SSSR count). The lowest BCUT2D eigenvalue weighted by Crippen LogP contribution is -2.39. The monoisotopic (exact) mass is 264 g/mol. The quantitative estimate of drug-likeness (QED) is 0.662. The Kier molecular flexibility index (Phi) is 4.31. The van der Waals surface area contributed by atoms with Gasteiger partial charge in [-0.3, -0.25) is 10.1 Å². The topological polar surface area (TPSA) is 71.3 Å². The molecule has 1 unspecified atom stereocenters. The Morgan fingerprint density at radius 3 is 3.11 bits per heavy atom. The number of pyridine rings is 1. The molecule has 1 aromatic heterocycles. The van der Waals surface area contributed by atoms with Crippen molar-refractivity contribution in [2.24, 2.45) is 5.92 Å². The van der Waals surface area contributed by atoms with Gasteiger partial charge in [-0.25, -0.2) is 4.98 Å². The fraction of sp³-hybridized carbons (Fsp3) is 0.615. The molecule has 1 N–H and O–H groups in total. The fourth-order valence-electron chi connectivity index (χ4n) is 2.71. The van der Waals surface area contributed by atoms with Crippen molar-refractivity contribution >= 4 is 11.5 Å². The van der Waals surface area contributed by atoms with Crippen molar-refractivity contribution in [2.45, 2.75) is 19.8 Å². The number of nitrogens with zero attached hydrogens (tertiary/aromatic N) is 3.